The molecule has 1 heterocycles. The van der Waals surface area contributed by atoms with E-state index in [0.717, 1.165) is 33.7 Å². The van der Waals surface area contributed by atoms with Crippen molar-refractivity contribution >= 4 is 11.6 Å². The molecule has 0 radical (unpaired) electrons. The van der Waals surface area contributed by atoms with E-state index in [1.807, 2.05) is 105 Å². The molecule has 31 heavy (non-hydrogen) atoms. The molecule has 1 aromatic heterocycles. The number of rotatable bonds is 7. The Balaban J connectivity index is 1.69. The monoisotopic (exact) mass is 410 g/mol. The third-order valence-electron chi connectivity index (χ3n) is 5.34. The molecule has 0 aliphatic rings. The Bertz CT molecular complexity index is 1120. The van der Waals surface area contributed by atoms with Gasteiger partial charge in [-0.15, -0.1) is 0 Å². The van der Waals surface area contributed by atoms with Crippen LogP contribution in [0, 0.1) is 13.8 Å². The van der Waals surface area contributed by atoms with Crippen LogP contribution < -0.4 is 10.6 Å². The summed E-state index contributed by atoms with van der Waals surface area (Å²) < 4.78 is 5.73. The number of nitrogens with one attached hydrogen (secondary N) is 2. The van der Waals surface area contributed by atoms with Crippen LogP contribution in [0.5, 0.6) is 0 Å². The Morgan fingerprint density at radius 2 is 1.48 bits per heavy atom. The van der Waals surface area contributed by atoms with Gasteiger partial charge in [-0.3, -0.25) is 10.1 Å². The Kier molecular flexibility index (Phi) is 6.29. The SMILES string of the molecule is Cc1ccc(C)c(NC(=O)[C@H](N[C@H](c2ccccc2)c2ccco2)c2ccccc2)c1. The van der Waals surface area contributed by atoms with Crippen LogP contribution in [-0.4, -0.2) is 5.91 Å². The summed E-state index contributed by atoms with van der Waals surface area (Å²) in [6, 6.07) is 28.8. The topological polar surface area (TPSA) is 54.3 Å². The average molecular weight is 411 g/mol. The molecule has 4 aromatic rings. The quantitative estimate of drug-likeness (QED) is 0.395. The van der Waals surface area contributed by atoms with Gasteiger partial charge in [-0.2, -0.15) is 0 Å². The van der Waals surface area contributed by atoms with Gasteiger partial charge in [0.1, 0.15) is 11.8 Å². The fourth-order valence-electron chi connectivity index (χ4n) is 3.65. The molecule has 0 saturated heterocycles. The van der Waals surface area contributed by atoms with E-state index in [4.69, 9.17) is 4.42 Å². The highest BCUT2D eigenvalue weighted by atomic mass is 16.3. The molecule has 4 nitrogen and oxygen atoms in total. The zero-order chi connectivity index (χ0) is 21.6. The second-order valence-electron chi connectivity index (χ2n) is 7.68. The van der Waals surface area contributed by atoms with Crippen molar-refractivity contribution in [2.75, 3.05) is 5.32 Å². The van der Waals surface area contributed by atoms with Crippen molar-refractivity contribution in [2.45, 2.75) is 25.9 Å². The van der Waals surface area contributed by atoms with Crippen molar-refractivity contribution in [3.63, 3.8) is 0 Å². The molecule has 156 valence electrons. The van der Waals surface area contributed by atoms with Gasteiger partial charge in [0.25, 0.3) is 0 Å². The molecular formula is C27H26N2O2. The zero-order valence-corrected chi connectivity index (χ0v) is 17.7. The van der Waals surface area contributed by atoms with Crippen molar-refractivity contribution in [2.24, 2.45) is 0 Å². The minimum absolute atomic E-state index is 0.118. The van der Waals surface area contributed by atoms with Gasteiger partial charge in [0.05, 0.1) is 12.3 Å². The molecule has 0 aliphatic carbocycles. The highest BCUT2D eigenvalue weighted by Crippen LogP contribution is 2.28. The smallest absolute Gasteiger partial charge is 0.246 e. The zero-order valence-electron chi connectivity index (χ0n) is 17.7. The van der Waals surface area contributed by atoms with E-state index >= 15 is 0 Å². The van der Waals surface area contributed by atoms with Crippen LogP contribution in [0.2, 0.25) is 0 Å². The first kappa shape index (κ1) is 20.6. The van der Waals surface area contributed by atoms with E-state index in [1.165, 1.54) is 0 Å². The highest BCUT2D eigenvalue weighted by Gasteiger charge is 2.27. The lowest BCUT2D eigenvalue weighted by molar-refractivity contribution is -0.118. The summed E-state index contributed by atoms with van der Waals surface area (Å²) >= 11 is 0. The standard InChI is InChI=1S/C27H26N2O2/c1-19-15-16-20(2)23(18-19)28-27(30)26(22-12-7-4-8-13-22)29-25(24-14-9-17-31-24)21-10-5-3-6-11-21/h3-18,25-26,29H,1-2H3,(H,28,30)/t25-,26-/m1/s1. The highest BCUT2D eigenvalue weighted by molar-refractivity contribution is 5.96. The third kappa shape index (κ3) is 4.93. The lowest BCUT2D eigenvalue weighted by Gasteiger charge is -2.25. The van der Waals surface area contributed by atoms with Gasteiger partial charge < -0.3 is 9.73 Å². The lowest BCUT2D eigenvalue weighted by Crippen LogP contribution is -2.36. The van der Waals surface area contributed by atoms with Gasteiger partial charge in [0.15, 0.2) is 0 Å². The minimum Gasteiger partial charge on any atom is -0.467 e. The predicted octanol–water partition coefficient (Wildman–Crippen LogP) is 5.96. The molecule has 3 aromatic carbocycles. The van der Waals surface area contributed by atoms with Crippen LogP contribution >= 0.6 is 0 Å². The lowest BCUT2D eigenvalue weighted by atomic mass is 9.99. The fraction of sp³-hybridized carbons (Fsp3) is 0.148. The van der Waals surface area contributed by atoms with Crippen LogP contribution in [0.3, 0.4) is 0 Å². The summed E-state index contributed by atoms with van der Waals surface area (Å²) in [6.45, 7) is 4.01. The first-order valence-electron chi connectivity index (χ1n) is 10.4. The molecule has 0 unspecified atom stereocenters. The first-order valence-corrected chi connectivity index (χ1v) is 10.4. The maximum Gasteiger partial charge on any atom is 0.246 e. The molecule has 4 rings (SSSR count). The fourth-order valence-corrected chi connectivity index (χ4v) is 3.65. The summed E-state index contributed by atoms with van der Waals surface area (Å²) in [5.74, 6) is 0.638. The molecule has 1 amide bonds. The van der Waals surface area contributed by atoms with Crippen LogP contribution in [-0.2, 0) is 4.79 Å². The number of benzene rings is 3. The van der Waals surface area contributed by atoms with E-state index in [-0.39, 0.29) is 11.9 Å². The summed E-state index contributed by atoms with van der Waals surface area (Å²) in [5, 5.41) is 6.66. The second kappa shape index (κ2) is 9.45. The largest absolute Gasteiger partial charge is 0.467 e. The number of amides is 1. The Morgan fingerprint density at radius 1 is 0.806 bits per heavy atom. The summed E-state index contributed by atoms with van der Waals surface area (Å²) in [7, 11) is 0. The Labute approximate surface area is 182 Å². The number of hydrogen-bond acceptors (Lipinski definition) is 3. The molecule has 0 bridgehead atoms. The molecule has 0 fully saturated rings. The molecule has 0 spiro atoms. The first-order chi connectivity index (χ1) is 15.1. The van der Waals surface area contributed by atoms with Crippen molar-refractivity contribution < 1.29 is 9.21 Å². The summed E-state index contributed by atoms with van der Waals surface area (Å²) in [5.41, 5.74) is 4.86. The second-order valence-corrected chi connectivity index (χ2v) is 7.68. The van der Waals surface area contributed by atoms with E-state index in [0.29, 0.717) is 0 Å². The average Bonchev–Trinajstić information content (AvgIpc) is 3.33. The van der Waals surface area contributed by atoms with Crippen molar-refractivity contribution in [3.05, 3.63) is 125 Å². The Hall–Kier alpha value is -3.63. The van der Waals surface area contributed by atoms with E-state index < -0.39 is 6.04 Å². The molecular weight excluding hydrogens is 384 g/mol. The molecule has 2 N–H and O–H groups in total. The molecule has 0 aliphatic heterocycles. The van der Waals surface area contributed by atoms with Crippen LogP contribution in [0.1, 0.15) is 40.1 Å². The van der Waals surface area contributed by atoms with Gasteiger partial charge >= 0.3 is 0 Å². The van der Waals surface area contributed by atoms with Crippen LogP contribution in [0.4, 0.5) is 5.69 Å². The van der Waals surface area contributed by atoms with E-state index in [9.17, 15) is 4.79 Å². The number of carbonyl (C=O) groups excluding carboxylic acids is 1. The van der Waals surface area contributed by atoms with Gasteiger partial charge in [-0.1, -0.05) is 72.8 Å². The molecule has 4 heteroatoms. The Morgan fingerprint density at radius 3 is 2.13 bits per heavy atom. The van der Waals surface area contributed by atoms with Gasteiger partial charge in [0, 0.05) is 5.69 Å². The summed E-state index contributed by atoms with van der Waals surface area (Å²) in [6.07, 6.45) is 1.65. The third-order valence-corrected chi connectivity index (χ3v) is 5.34. The molecule has 2 atom stereocenters. The maximum atomic E-state index is 13.5. The van der Waals surface area contributed by atoms with Gasteiger partial charge in [-0.25, -0.2) is 0 Å². The number of hydrogen-bond donors (Lipinski definition) is 2. The normalized spacial score (nSPS) is 12.8. The van der Waals surface area contributed by atoms with Crippen molar-refractivity contribution in [1.82, 2.24) is 5.32 Å². The van der Waals surface area contributed by atoms with Crippen molar-refractivity contribution in [1.29, 1.82) is 0 Å². The predicted molar refractivity (Wildman–Crippen MR) is 124 cm³/mol. The minimum atomic E-state index is -0.573. The van der Waals surface area contributed by atoms with E-state index in [1.54, 1.807) is 6.26 Å². The number of furan rings is 1. The van der Waals surface area contributed by atoms with E-state index in [2.05, 4.69) is 10.6 Å². The van der Waals surface area contributed by atoms with Gasteiger partial charge in [0.2, 0.25) is 5.91 Å². The summed E-state index contributed by atoms with van der Waals surface area (Å²) in [4.78, 5) is 13.5. The molecule has 0 saturated carbocycles. The van der Waals surface area contributed by atoms with Crippen molar-refractivity contribution in [3.8, 4) is 0 Å². The number of aryl methyl sites for hydroxylation is 2. The van der Waals surface area contributed by atoms with Gasteiger partial charge in [-0.05, 0) is 54.3 Å². The van der Waals surface area contributed by atoms with Crippen LogP contribution in [0.25, 0.3) is 0 Å². The van der Waals surface area contributed by atoms with Crippen LogP contribution in [0.15, 0.2) is 102 Å². The maximum absolute atomic E-state index is 13.5. The number of anilines is 1. The number of carbonyl (C=O) groups is 1.